The maximum atomic E-state index is 13.4. The molecule has 346 valence electrons. The number of aliphatic hydroxyl groups is 1. The fraction of sp³-hybridized carbons (Fsp3) is 0.868. The minimum absolute atomic E-state index is 0.0422. The van der Waals surface area contributed by atoms with Crippen LogP contribution in [0, 0.1) is 28.6 Å². The van der Waals surface area contributed by atoms with Crippen molar-refractivity contribution < 1.29 is 33.7 Å². The summed E-state index contributed by atoms with van der Waals surface area (Å²) in [5, 5.41) is 10.7. The molecule has 4 bridgehead atoms. The van der Waals surface area contributed by atoms with Gasteiger partial charge in [-0.3, -0.25) is 14.4 Å². The number of hydrogen-bond acceptors (Lipinski definition) is 7. The monoisotopic (exact) mass is 841 g/mol. The lowest BCUT2D eigenvalue weighted by molar-refractivity contribution is -0.168. The molecule has 0 unspecified atom stereocenters. The lowest BCUT2D eigenvalue weighted by Crippen LogP contribution is -2.47. The number of hydrogen-bond donors (Lipinski definition) is 1. The predicted octanol–water partition coefficient (Wildman–Crippen LogP) is 14.3. The highest BCUT2D eigenvalue weighted by molar-refractivity contribution is 5.71. The lowest BCUT2D eigenvalue weighted by atomic mass is 9.49. The van der Waals surface area contributed by atoms with Crippen molar-refractivity contribution in [2.24, 2.45) is 28.6 Å². The number of carbonyl (C=O) groups is 3. The Morgan fingerprint density at radius 2 is 0.800 bits per heavy atom. The summed E-state index contributed by atoms with van der Waals surface area (Å²) in [4.78, 5) is 39.1. The highest BCUT2D eigenvalue weighted by Gasteiger charge is 2.52. The van der Waals surface area contributed by atoms with E-state index in [9.17, 15) is 19.5 Å². The zero-order chi connectivity index (χ0) is 43.0. The normalized spacial score (nSPS) is 21.0. The molecule has 7 nitrogen and oxygen atoms in total. The van der Waals surface area contributed by atoms with Crippen molar-refractivity contribution in [3.63, 3.8) is 0 Å². The molecule has 4 rings (SSSR count). The Morgan fingerprint density at radius 1 is 0.483 bits per heavy atom. The molecule has 1 N–H and O–H groups in total. The molecule has 0 radical (unpaired) electrons. The van der Waals surface area contributed by atoms with Gasteiger partial charge in [-0.2, -0.15) is 0 Å². The number of unbranched alkanes of at least 4 members (excludes halogenated alkanes) is 22. The van der Waals surface area contributed by atoms with Crippen LogP contribution >= 0.6 is 0 Å². The van der Waals surface area contributed by atoms with Gasteiger partial charge in [0.2, 0.25) is 0 Å². The van der Waals surface area contributed by atoms with Crippen LogP contribution in [0.2, 0.25) is 0 Å². The van der Waals surface area contributed by atoms with Gasteiger partial charge in [0.15, 0.2) is 0 Å². The van der Waals surface area contributed by atoms with E-state index in [2.05, 4.69) is 38.2 Å². The molecule has 4 aliphatic carbocycles. The number of carbonyl (C=O) groups excluding carboxylic acids is 3. The van der Waals surface area contributed by atoms with Crippen LogP contribution in [0.15, 0.2) is 24.3 Å². The molecule has 0 atom stereocenters. The molecule has 0 amide bonds. The summed E-state index contributed by atoms with van der Waals surface area (Å²) in [5.41, 5.74) is -1.14. The van der Waals surface area contributed by atoms with Gasteiger partial charge in [0.1, 0.15) is 19.8 Å². The van der Waals surface area contributed by atoms with Crippen molar-refractivity contribution in [1.29, 1.82) is 0 Å². The number of esters is 3. The molecule has 7 heteroatoms. The molecule has 0 aromatic rings. The summed E-state index contributed by atoms with van der Waals surface area (Å²) < 4.78 is 17.3. The molecule has 4 fully saturated rings. The number of allylic oxidation sites excluding steroid dienone is 4. The van der Waals surface area contributed by atoms with Crippen LogP contribution in [0.1, 0.15) is 239 Å². The van der Waals surface area contributed by atoms with Crippen LogP contribution in [0.25, 0.3) is 0 Å². The Labute approximate surface area is 368 Å². The van der Waals surface area contributed by atoms with E-state index >= 15 is 0 Å². The van der Waals surface area contributed by atoms with Crippen molar-refractivity contribution in [3.05, 3.63) is 24.3 Å². The van der Waals surface area contributed by atoms with Crippen LogP contribution in [0.4, 0.5) is 0 Å². The SMILES string of the molecule is CCCCCCCC/C=C\CCCCCCCC(=O)OCC(CO)(COC(=O)CCCCCCC/C=C\CCCCCCCC)COC(=O)CC12CC3CC(CC(C3)C1)C2. The molecule has 4 saturated carbocycles. The molecular weight excluding hydrogens is 749 g/mol. The average Bonchev–Trinajstić information content (AvgIpc) is 3.23. The third-order valence-corrected chi connectivity index (χ3v) is 13.9. The minimum atomic E-state index is -1.19. The molecule has 0 saturated heterocycles. The third kappa shape index (κ3) is 23.3. The number of ether oxygens (including phenoxy) is 3. The topological polar surface area (TPSA) is 99.1 Å². The Morgan fingerprint density at radius 3 is 1.15 bits per heavy atom. The van der Waals surface area contributed by atoms with Crippen LogP contribution in [-0.4, -0.2) is 49.4 Å². The maximum Gasteiger partial charge on any atom is 0.306 e. The van der Waals surface area contributed by atoms with Crippen LogP contribution in [-0.2, 0) is 28.6 Å². The van der Waals surface area contributed by atoms with E-state index in [1.165, 1.54) is 122 Å². The van der Waals surface area contributed by atoms with Crippen molar-refractivity contribution in [2.45, 2.75) is 239 Å². The van der Waals surface area contributed by atoms with Gasteiger partial charge in [0.05, 0.1) is 18.4 Å². The largest absolute Gasteiger partial charge is 0.465 e. The van der Waals surface area contributed by atoms with E-state index < -0.39 is 12.0 Å². The van der Waals surface area contributed by atoms with Gasteiger partial charge in [-0.1, -0.05) is 141 Å². The molecule has 0 aliphatic heterocycles. The number of aliphatic hydroxyl groups excluding tert-OH is 1. The fourth-order valence-electron chi connectivity index (χ4n) is 10.7. The zero-order valence-corrected chi connectivity index (χ0v) is 39.0. The standard InChI is InChI=1S/C53H92O7/c1-3-5-7-9-11-13-15-17-19-21-23-25-27-29-31-33-49(55)58-43-53(42-54,45-60-51(57)41-52-38-46-35-47(39-52)37-48(36-46)40-52)44-59-50(56)34-32-30-28-26-24-22-20-18-16-14-12-10-8-6-4-2/h17-20,46-48,54H,3-16,21-45H2,1-2H3/b19-17-,20-18-. The molecule has 0 heterocycles. The molecule has 0 spiro atoms. The summed E-state index contributed by atoms with van der Waals surface area (Å²) in [6.07, 6.45) is 48.6. The predicted molar refractivity (Wildman–Crippen MR) is 247 cm³/mol. The highest BCUT2D eigenvalue weighted by atomic mass is 16.6. The van der Waals surface area contributed by atoms with Crippen molar-refractivity contribution in [1.82, 2.24) is 0 Å². The van der Waals surface area contributed by atoms with Crippen LogP contribution < -0.4 is 0 Å². The van der Waals surface area contributed by atoms with Gasteiger partial charge in [-0.05, 0) is 126 Å². The minimum Gasteiger partial charge on any atom is -0.465 e. The Bertz CT molecular complexity index is 1100. The molecule has 4 aliphatic rings. The molecular formula is C53H92O7. The van der Waals surface area contributed by atoms with E-state index in [0.717, 1.165) is 101 Å². The number of rotatable bonds is 39. The fourth-order valence-corrected chi connectivity index (χ4v) is 10.7. The first-order valence-electron chi connectivity index (χ1n) is 25.7. The quantitative estimate of drug-likeness (QED) is 0.0285. The van der Waals surface area contributed by atoms with Gasteiger partial charge < -0.3 is 19.3 Å². The summed E-state index contributed by atoms with van der Waals surface area (Å²) in [6.45, 7) is 3.65. The summed E-state index contributed by atoms with van der Waals surface area (Å²) in [7, 11) is 0. The second-order valence-electron chi connectivity index (χ2n) is 19.9. The van der Waals surface area contributed by atoms with E-state index in [1.807, 2.05) is 0 Å². The van der Waals surface area contributed by atoms with Crippen LogP contribution in [0.5, 0.6) is 0 Å². The second-order valence-corrected chi connectivity index (χ2v) is 19.9. The van der Waals surface area contributed by atoms with Crippen LogP contribution in [0.3, 0.4) is 0 Å². The van der Waals surface area contributed by atoms with Gasteiger partial charge in [0, 0.05) is 12.8 Å². The summed E-state index contributed by atoms with van der Waals surface area (Å²) in [5.74, 6) is 1.30. The van der Waals surface area contributed by atoms with E-state index in [0.29, 0.717) is 19.3 Å². The van der Waals surface area contributed by atoms with E-state index in [4.69, 9.17) is 14.2 Å². The van der Waals surface area contributed by atoms with Crippen molar-refractivity contribution in [3.8, 4) is 0 Å². The van der Waals surface area contributed by atoms with E-state index in [-0.39, 0.29) is 43.1 Å². The molecule has 0 aromatic carbocycles. The maximum absolute atomic E-state index is 13.4. The van der Waals surface area contributed by atoms with Gasteiger partial charge in [-0.25, -0.2) is 0 Å². The van der Waals surface area contributed by atoms with Gasteiger partial charge >= 0.3 is 17.9 Å². The summed E-state index contributed by atoms with van der Waals surface area (Å²) in [6, 6.07) is 0. The second kappa shape index (κ2) is 32.5. The van der Waals surface area contributed by atoms with Crippen molar-refractivity contribution >= 4 is 17.9 Å². The first kappa shape index (κ1) is 52.2. The summed E-state index contributed by atoms with van der Waals surface area (Å²) >= 11 is 0. The molecule has 60 heavy (non-hydrogen) atoms. The Hall–Kier alpha value is -2.15. The van der Waals surface area contributed by atoms with E-state index in [1.54, 1.807) is 0 Å². The first-order chi connectivity index (χ1) is 29.3. The first-order valence-corrected chi connectivity index (χ1v) is 25.7. The third-order valence-electron chi connectivity index (χ3n) is 13.9. The van der Waals surface area contributed by atoms with Crippen molar-refractivity contribution in [2.75, 3.05) is 26.4 Å². The Kier molecular flexibility index (Phi) is 28.3. The lowest BCUT2D eigenvalue weighted by Gasteiger charge is -2.56. The Balaban J connectivity index is 1.33. The zero-order valence-electron chi connectivity index (χ0n) is 39.0. The highest BCUT2D eigenvalue weighted by Crippen LogP contribution is 2.61. The smallest absolute Gasteiger partial charge is 0.306 e. The van der Waals surface area contributed by atoms with Gasteiger partial charge in [0.25, 0.3) is 0 Å². The molecule has 0 aromatic heterocycles. The van der Waals surface area contributed by atoms with Gasteiger partial charge in [-0.15, -0.1) is 0 Å². The average molecular weight is 841 g/mol.